The first-order chi connectivity index (χ1) is 17.2. The van der Waals surface area contributed by atoms with E-state index in [1.54, 1.807) is 30.3 Å². The van der Waals surface area contributed by atoms with E-state index in [4.69, 9.17) is 32.7 Å². The maximum absolute atomic E-state index is 13.9. The van der Waals surface area contributed by atoms with Crippen molar-refractivity contribution >= 4 is 78.8 Å². The van der Waals surface area contributed by atoms with Gasteiger partial charge in [0.05, 0.1) is 23.0 Å². The number of ether oxygens (including phenoxy) is 2. The van der Waals surface area contributed by atoms with Crippen LogP contribution in [0.3, 0.4) is 0 Å². The number of amides is 2. The van der Waals surface area contributed by atoms with Crippen LogP contribution in [-0.4, -0.2) is 24.6 Å². The molecule has 0 unspecified atom stereocenters. The largest absolute Gasteiger partial charge is 0.490 e. The molecule has 188 valence electrons. The second-order valence-corrected chi connectivity index (χ2v) is 9.61. The maximum atomic E-state index is 13.9. The van der Waals surface area contributed by atoms with Crippen LogP contribution < -0.4 is 20.2 Å². The molecule has 3 aromatic carbocycles. The van der Waals surface area contributed by atoms with Gasteiger partial charge in [0.25, 0.3) is 0 Å². The van der Waals surface area contributed by atoms with Gasteiger partial charge in [-0.2, -0.15) is 5.10 Å². The van der Waals surface area contributed by atoms with E-state index in [-0.39, 0.29) is 12.3 Å². The van der Waals surface area contributed by atoms with Crippen LogP contribution in [-0.2, 0) is 16.2 Å². The third-order valence-electron chi connectivity index (χ3n) is 4.52. The SMILES string of the molecule is CCOc1cc(/C=N/NC(=O)C(=O)Nc2ccc(Br)cc2F)cc(Br)c1OCc1c(Cl)cccc1Cl. The minimum Gasteiger partial charge on any atom is -0.490 e. The number of rotatable bonds is 8. The van der Waals surface area contributed by atoms with Gasteiger partial charge in [0.15, 0.2) is 11.5 Å². The lowest BCUT2D eigenvalue weighted by Gasteiger charge is -2.15. The van der Waals surface area contributed by atoms with Crippen molar-refractivity contribution in [1.29, 1.82) is 0 Å². The van der Waals surface area contributed by atoms with Crippen LogP contribution in [0.4, 0.5) is 10.1 Å². The first-order valence-electron chi connectivity index (χ1n) is 10.3. The molecule has 0 spiro atoms. The molecule has 7 nitrogen and oxygen atoms in total. The number of hydrogen-bond acceptors (Lipinski definition) is 5. The van der Waals surface area contributed by atoms with Crippen molar-refractivity contribution in [3.63, 3.8) is 0 Å². The summed E-state index contributed by atoms with van der Waals surface area (Å²) in [6, 6.07) is 12.5. The second-order valence-electron chi connectivity index (χ2n) is 7.03. The highest BCUT2D eigenvalue weighted by Gasteiger charge is 2.16. The Hall–Kier alpha value is -2.66. The zero-order valence-corrected chi connectivity index (χ0v) is 23.3. The Bertz CT molecular complexity index is 1300. The van der Waals surface area contributed by atoms with Crippen molar-refractivity contribution in [2.45, 2.75) is 13.5 Å². The summed E-state index contributed by atoms with van der Waals surface area (Å²) in [5.41, 5.74) is 3.12. The van der Waals surface area contributed by atoms with E-state index in [2.05, 4.69) is 47.7 Å². The molecular weight excluding hydrogens is 644 g/mol. The minimum absolute atomic E-state index is 0.106. The van der Waals surface area contributed by atoms with Gasteiger partial charge in [0, 0.05) is 20.1 Å². The van der Waals surface area contributed by atoms with Crippen LogP contribution in [0.25, 0.3) is 0 Å². The summed E-state index contributed by atoms with van der Waals surface area (Å²) in [6.07, 6.45) is 1.31. The normalized spacial score (nSPS) is 10.8. The fourth-order valence-electron chi connectivity index (χ4n) is 2.87. The predicted molar refractivity (Wildman–Crippen MR) is 145 cm³/mol. The van der Waals surface area contributed by atoms with Gasteiger partial charge in [0.1, 0.15) is 12.4 Å². The number of anilines is 1. The lowest BCUT2D eigenvalue weighted by Crippen LogP contribution is -2.32. The highest BCUT2D eigenvalue weighted by molar-refractivity contribution is 9.10. The predicted octanol–water partition coefficient (Wildman–Crippen LogP) is 6.72. The molecule has 2 N–H and O–H groups in total. The number of nitrogens with one attached hydrogen (secondary N) is 2. The van der Waals surface area contributed by atoms with Crippen molar-refractivity contribution in [1.82, 2.24) is 5.43 Å². The molecule has 3 aromatic rings. The zero-order chi connectivity index (χ0) is 26.2. The van der Waals surface area contributed by atoms with Gasteiger partial charge in [-0.1, -0.05) is 45.2 Å². The fourth-order valence-corrected chi connectivity index (χ4v) is 4.28. The fraction of sp³-hybridized carbons (Fsp3) is 0.125. The molecule has 36 heavy (non-hydrogen) atoms. The van der Waals surface area contributed by atoms with Crippen LogP contribution in [0.5, 0.6) is 11.5 Å². The standard InChI is InChI=1S/C24H18Br2Cl2FN3O4/c1-2-35-21-9-13(8-16(26)22(21)36-12-15-17(27)4-3-5-18(15)28)11-30-32-24(34)23(33)31-20-7-6-14(25)10-19(20)29/h3-11H,2,12H2,1H3,(H,31,33)(H,32,34)/b30-11+. The Morgan fingerprint density at radius 3 is 2.44 bits per heavy atom. The molecule has 0 bridgehead atoms. The van der Waals surface area contributed by atoms with E-state index >= 15 is 0 Å². The second kappa shape index (κ2) is 13.0. The summed E-state index contributed by atoms with van der Waals surface area (Å²) in [7, 11) is 0. The van der Waals surface area contributed by atoms with Gasteiger partial charge < -0.3 is 14.8 Å². The molecule has 0 aromatic heterocycles. The van der Waals surface area contributed by atoms with Crippen molar-refractivity contribution in [2.24, 2.45) is 5.10 Å². The summed E-state index contributed by atoms with van der Waals surface area (Å²) in [4.78, 5) is 24.1. The Balaban J connectivity index is 1.68. The molecule has 2 amide bonds. The molecule has 0 saturated carbocycles. The van der Waals surface area contributed by atoms with Gasteiger partial charge in [-0.15, -0.1) is 0 Å². The van der Waals surface area contributed by atoms with Gasteiger partial charge in [-0.25, -0.2) is 9.82 Å². The van der Waals surface area contributed by atoms with E-state index in [9.17, 15) is 14.0 Å². The summed E-state index contributed by atoms with van der Waals surface area (Å²) in [5.74, 6) is -2.02. The monoisotopic (exact) mass is 659 g/mol. The van der Waals surface area contributed by atoms with E-state index in [1.165, 1.54) is 18.3 Å². The molecule has 0 saturated heterocycles. The molecule has 0 aliphatic carbocycles. The van der Waals surface area contributed by atoms with Crippen LogP contribution in [0.1, 0.15) is 18.1 Å². The summed E-state index contributed by atoms with van der Waals surface area (Å²) in [5, 5.41) is 6.92. The number of hydrogen-bond donors (Lipinski definition) is 2. The van der Waals surface area contributed by atoms with Gasteiger partial charge in [-0.3, -0.25) is 9.59 Å². The smallest absolute Gasteiger partial charge is 0.329 e. The van der Waals surface area contributed by atoms with Crippen molar-refractivity contribution in [3.05, 3.63) is 84.5 Å². The molecule has 3 rings (SSSR count). The van der Waals surface area contributed by atoms with Crippen molar-refractivity contribution < 1.29 is 23.5 Å². The number of carbonyl (C=O) groups excluding carboxylic acids is 2. The Kier molecular flexibility index (Phi) is 10.1. The Labute approximate surface area is 233 Å². The number of nitrogens with zero attached hydrogens (tertiary/aromatic N) is 1. The van der Waals surface area contributed by atoms with Gasteiger partial charge >= 0.3 is 11.8 Å². The molecule has 0 fully saturated rings. The first kappa shape index (κ1) is 27.9. The zero-order valence-electron chi connectivity index (χ0n) is 18.6. The average Bonchev–Trinajstić information content (AvgIpc) is 2.82. The highest BCUT2D eigenvalue weighted by atomic mass is 79.9. The number of hydrazone groups is 1. The molecule has 0 heterocycles. The molecule has 0 aliphatic rings. The van der Waals surface area contributed by atoms with Crippen LogP contribution in [0, 0.1) is 5.82 Å². The van der Waals surface area contributed by atoms with Crippen LogP contribution >= 0.6 is 55.1 Å². The molecule has 0 atom stereocenters. The topological polar surface area (TPSA) is 89.0 Å². The van der Waals surface area contributed by atoms with Gasteiger partial charge in [0.2, 0.25) is 0 Å². The lowest BCUT2D eigenvalue weighted by molar-refractivity contribution is -0.136. The lowest BCUT2D eigenvalue weighted by atomic mass is 10.2. The Morgan fingerprint density at radius 1 is 1.06 bits per heavy atom. The highest BCUT2D eigenvalue weighted by Crippen LogP contribution is 2.38. The third kappa shape index (κ3) is 7.42. The van der Waals surface area contributed by atoms with E-state index in [1.807, 2.05) is 6.92 Å². The first-order valence-corrected chi connectivity index (χ1v) is 12.6. The average molecular weight is 662 g/mol. The van der Waals surface area contributed by atoms with Crippen LogP contribution in [0.15, 0.2) is 62.6 Å². The molecule has 0 aliphatic heterocycles. The number of carbonyl (C=O) groups is 2. The van der Waals surface area contributed by atoms with E-state index in [0.29, 0.717) is 48.2 Å². The van der Waals surface area contributed by atoms with Crippen molar-refractivity contribution in [2.75, 3.05) is 11.9 Å². The maximum Gasteiger partial charge on any atom is 0.329 e. The molecule has 12 heteroatoms. The van der Waals surface area contributed by atoms with E-state index in [0.717, 1.165) is 6.07 Å². The number of halogens is 5. The van der Waals surface area contributed by atoms with E-state index < -0.39 is 17.6 Å². The molecule has 0 radical (unpaired) electrons. The quantitative estimate of drug-likeness (QED) is 0.159. The third-order valence-corrected chi connectivity index (χ3v) is 6.31. The molecular formula is C24H18Br2Cl2FN3O4. The number of benzene rings is 3. The summed E-state index contributed by atoms with van der Waals surface area (Å²) in [6.45, 7) is 2.28. The summed E-state index contributed by atoms with van der Waals surface area (Å²) >= 11 is 19.0. The van der Waals surface area contributed by atoms with Gasteiger partial charge in [-0.05, 0) is 70.9 Å². The van der Waals surface area contributed by atoms with Crippen LogP contribution in [0.2, 0.25) is 10.0 Å². The van der Waals surface area contributed by atoms with Crippen molar-refractivity contribution in [3.8, 4) is 11.5 Å². The summed E-state index contributed by atoms with van der Waals surface area (Å²) < 4.78 is 26.5. The minimum atomic E-state index is -1.08. The Morgan fingerprint density at radius 2 is 1.78 bits per heavy atom.